The first kappa shape index (κ1) is 12.9. The molecular formula is C12H25NO2. The number of ether oxygens (including phenoxy) is 2. The average molecular weight is 215 g/mol. The Balaban J connectivity index is 2.23. The molecule has 1 aliphatic heterocycles. The lowest BCUT2D eigenvalue weighted by atomic mass is 9.99. The van der Waals surface area contributed by atoms with E-state index in [1.165, 1.54) is 12.8 Å². The van der Waals surface area contributed by atoms with Crippen LogP contribution in [-0.4, -0.2) is 39.0 Å². The van der Waals surface area contributed by atoms with Gasteiger partial charge in [-0.3, -0.25) is 0 Å². The molecule has 0 spiro atoms. The summed E-state index contributed by atoms with van der Waals surface area (Å²) in [5.74, 6) is 0.647. The SMILES string of the molecule is CCCNC(COCCC)C1CCOC1. The van der Waals surface area contributed by atoms with E-state index in [0.29, 0.717) is 12.0 Å². The fourth-order valence-electron chi connectivity index (χ4n) is 1.92. The van der Waals surface area contributed by atoms with Crippen molar-refractivity contribution in [3.63, 3.8) is 0 Å². The van der Waals surface area contributed by atoms with Crippen molar-refractivity contribution < 1.29 is 9.47 Å². The second kappa shape index (κ2) is 8.08. The maximum atomic E-state index is 5.64. The molecule has 0 radical (unpaired) electrons. The standard InChI is InChI=1S/C12H25NO2/c1-3-6-13-12(10-14-7-4-2)11-5-8-15-9-11/h11-13H,3-10H2,1-2H3. The third kappa shape index (κ3) is 4.96. The predicted molar refractivity (Wildman–Crippen MR) is 62.1 cm³/mol. The molecule has 1 fully saturated rings. The molecule has 1 aliphatic rings. The predicted octanol–water partition coefficient (Wildman–Crippen LogP) is 1.82. The molecule has 1 heterocycles. The summed E-state index contributed by atoms with van der Waals surface area (Å²) in [6.45, 7) is 8.95. The Hall–Kier alpha value is -0.120. The van der Waals surface area contributed by atoms with E-state index in [9.17, 15) is 0 Å². The molecule has 0 aliphatic carbocycles. The van der Waals surface area contributed by atoms with Gasteiger partial charge in [-0.25, -0.2) is 0 Å². The molecule has 3 nitrogen and oxygen atoms in total. The van der Waals surface area contributed by atoms with Crippen molar-refractivity contribution in [3.8, 4) is 0 Å². The minimum Gasteiger partial charge on any atom is -0.381 e. The van der Waals surface area contributed by atoms with Gasteiger partial charge in [0.05, 0.1) is 13.2 Å². The summed E-state index contributed by atoms with van der Waals surface area (Å²) in [7, 11) is 0. The molecule has 1 N–H and O–H groups in total. The van der Waals surface area contributed by atoms with Crippen LogP contribution >= 0.6 is 0 Å². The Bertz CT molecular complexity index is 147. The van der Waals surface area contributed by atoms with Gasteiger partial charge in [-0.05, 0) is 25.8 Å². The Morgan fingerprint density at radius 2 is 2.27 bits per heavy atom. The first-order chi connectivity index (χ1) is 7.38. The largest absolute Gasteiger partial charge is 0.381 e. The van der Waals surface area contributed by atoms with Crippen LogP contribution in [0.3, 0.4) is 0 Å². The quantitative estimate of drug-likeness (QED) is 0.626. The summed E-state index contributed by atoms with van der Waals surface area (Å²) < 4.78 is 11.1. The monoisotopic (exact) mass is 215 g/mol. The van der Waals surface area contributed by atoms with Gasteiger partial charge in [0, 0.05) is 25.2 Å². The maximum Gasteiger partial charge on any atom is 0.0623 e. The number of rotatable bonds is 8. The van der Waals surface area contributed by atoms with Gasteiger partial charge in [0.25, 0.3) is 0 Å². The summed E-state index contributed by atoms with van der Waals surface area (Å²) >= 11 is 0. The molecular weight excluding hydrogens is 190 g/mol. The molecule has 0 amide bonds. The van der Waals surface area contributed by atoms with E-state index in [0.717, 1.165) is 39.4 Å². The molecule has 1 rings (SSSR count). The topological polar surface area (TPSA) is 30.5 Å². The summed E-state index contributed by atoms with van der Waals surface area (Å²) in [6.07, 6.45) is 3.45. The van der Waals surface area contributed by atoms with Gasteiger partial charge in [0.1, 0.15) is 0 Å². The molecule has 3 heteroatoms. The second-order valence-corrected chi connectivity index (χ2v) is 4.26. The first-order valence-corrected chi connectivity index (χ1v) is 6.27. The van der Waals surface area contributed by atoms with Crippen LogP contribution in [0.4, 0.5) is 0 Å². The van der Waals surface area contributed by atoms with Crippen LogP contribution in [-0.2, 0) is 9.47 Å². The van der Waals surface area contributed by atoms with E-state index >= 15 is 0 Å². The van der Waals surface area contributed by atoms with Crippen LogP contribution in [0.1, 0.15) is 33.1 Å². The Kier molecular flexibility index (Phi) is 6.98. The van der Waals surface area contributed by atoms with Crippen molar-refractivity contribution in [3.05, 3.63) is 0 Å². The lowest BCUT2D eigenvalue weighted by molar-refractivity contribution is 0.0876. The molecule has 2 unspecified atom stereocenters. The van der Waals surface area contributed by atoms with Gasteiger partial charge in [-0.1, -0.05) is 13.8 Å². The summed E-state index contributed by atoms with van der Waals surface area (Å²) in [4.78, 5) is 0. The van der Waals surface area contributed by atoms with Crippen LogP contribution in [0.5, 0.6) is 0 Å². The zero-order valence-corrected chi connectivity index (χ0v) is 10.1. The number of nitrogens with one attached hydrogen (secondary N) is 1. The number of hydrogen-bond acceptors (Lipinski definition) is 3. The van der Waals surface area contributed by atoms with Gasteiger partial charge < -0.3 is 14.8 Å². The van der Waals surface area contributed by atoms with Crippen molar-refractivity contribution in [2.75, 3.05) is 33.0 Å². The lowest BCUT2D eigenvalue weighted by Crippen LogP contribution is -2.40. The fraction of sp³-hybridized carbons (Fsp3) is 1.00. The second-order valence-electron chi connectivity index (χ2n) is 4.26. The highest BCUT2D eigenvalue weighted by Gasteiger charge is 2.25. The van der Waals surface area contributed by atoms with E-state index in [-0.39, 0.29) is 0 Å². The zero-order chi connectivity index (χ0) is 10.9. The molecule has 15 heavy (non-hydrogen) atoms. The molecule has 0 saturated carbocycles. The number of hydrogen-bond donors (Lipinski definition) is 1. The van der Waals surface area contributed by atoms with Crippen LogP contribution in [0, 0.1) is 5.92 Å². The van der Waals surface area contributed by atoms with E-state index < -0.39 is 0 Å². The normalized spacial score (nSPS) is 23.2. The Morgan fingerprint density at radius 3 is 2.87 bits per heavy atom. The molecule has 0 aromatic carbocycles. The Labute approximate surface area is 93.5 Å². The lowest BCUT2D eigenvalue weighted by Gasteiger charge is -2.23. The van der Waals surface area contributed by atoms with Crippen LogP contribution in [0.2, 0.25) is 0 Å². The van der Waals surface area contributed by atoms with E-state index in [2.05, 4.69) is 19.2 Å². The smallest absolute Gasteiger partial charge is 0.0623 e. The van der Waals surface area contributed by atoms with Crippen molar-refractivity contribution in [1.29, 1.82) is 0 Å². The van der Waals surface area contributed by atoms with Crippen molar-refractivity contribution >= 4 is 0 Å². The third-order valence-corrected chi connectivity index (χ3v) is 2.84. The molecule has 0 bridgehead atoms. The van der Waals surface area contributed by atoms with E-state index in [1.54, 1.807) is 0 Å². The fourth-order valence-corrected chi connectivity index (χ4v) is 1.92. The molecule has 0 aromatic heterocycles. The Morgan fingerprint density at radius 1 is 1.40 bits per heavy atom. The molecule has 1 saturated heterocycles. The zero-order valence-electron chi connectivity index (χ0n) is 10.1. The van der Waals surface area contributed by atoms with Crippen molar-refractivity contribution in [1.82, 2.24) is 5.32 Å². The summed E-state index contributed by atoms with van der Waals surface area (Å²) in [5, 5.41) is 3.57. The van der Waals surface area contributed by atoms with Gasteiger partial charge in [-0.15, -0.1) is 0 Å². The van der Waals surface area contributed by atoms with Crippen LogP contribution < -0.4 is 5.32 Å². The third-order valence-electron chi connectivity index (χ3n) is 2.84. The van der Waals surface area contributed by atoms with Gasteiger partial charge in [-0.2, -0.15) is 0 Å². The summed E-state index contributed by atoms with van der Waals surface area (Å²) in [5.41, 5.74) is 0. The minimum atomic E-state index is 0.485. The van der Waals surface area contributed by atoms with Gasteiger partial charge in [0.15, 0.2) is 0 Å². The summed E-state index contributed by atoms with van der Waals surface area (Å²) in [6, 6.07) is 0.485. The average Bonchev–Trinajstić information content (AvgIpc) is 2.76. The van der Waals surface area contributed by atoms with Gasteiger partial charge in [0.2, 0.25) is 0 Å². The highest BCUT2D eigenvalue weighted by atomic mass is 16.5. The highest BCUT2D eigenvalue weighted by Crippen LogP contribution is 2.17. The minimum absolute atomic E-state index is 0.485. The van der Waals surface area contributed by atoms with Crippen LogP contribution in [0.25, 0.3) is 0 Å². The maximum absolute atomic E-state index is 5.64. The first-order valence-electron chi connectivity index (χ1n) is 6.27. The van der Waals surface area contributed by atoms with Crippen molar-refractivity contribution in [2.45, 2.75) is 39.2 Å². The molecule has 90 valence electrons. The molecule has 0 aromatic rings. The van der Waals surface area contributed by atoms with E-state index in [1.807, 2.05) is 0 Å². The van der Waals surface area contributed by atoms with Crippen LogP contribution in [0.15, 0.2) is 0 Å². The highest BCUT2D eigenvalue weighted by molar-refractivity contribution is 4.79. The molecule has 2 atom stereocenters. The van der Waals surface area contributed by atoms with Crippen molar-refractivity contribution in [2.24, 2.45) is 5.92 Å². The van der Waals surface area contributed by atoms with E-state index in [4.69, 9.17) is 9.47 Å². The van der Waals surface area contributed by atoms with Gasteiger partial charge >= 0.3 is 0 Å².